The molecular weight excluding hydrogens is 346 g/mol. The first kappa shape index (κ1) is 18.9. The molecule has 0 spiro atoms. The fourth-order valence-corrected chi connectivity index (χ4v) is 3.75. The van der Waals surface area contributed by atoms with Crippen LogP contribution in [0, 0.1) is 0 Å². The standard InChI is InChI=1S/C21H27NO3S/c23-21(22-12-6-13-24-18-8-2-1-3-9-18)17-7-4-10-19(15-17)25-16-20-11-5-14-26-20/h4-5,7,10-11,14-15,18H,1-3,6,8-9,12-13,16H2,(H,22,23). The van der Waals surface area contributed by atoms with Gasteiger partial charge in [0.1, 0.15) is 12.4 Å². The molecule has 0 radical (unpaired) electrons. The third kappa shape index (κ3) is 6.15. The minimum Gasteiger partial charge on any atom is -0.488 e. The molecule has 0 bridgehead atoms. The van der Waals surface area contributed by atoms with Gasteiger partial charge in [0.05, 0.1) is 6.10 Å². The number of thiophene rings is 1. The Hall–Kier alpha value is -1.85. The molecule has 0 unspecified atom stereocenters. The van der Waals surface area contributed by atoms with E-state index in [4.69, 9.17) is 9.47 Å². The predicted molar refractivity (Wildman–Crippen MR) is 105 cm³/mol. The van der Waals surface area contributed by atoms with Gasteiger partial charge in [-0.2, -0.15) is 0 Å². The first-order chi connectivity index (χ1) is 12.8. The van der Waals surface area contributed by atoms with Crippen molar-refractivity contribution in [2.45, 2.75) is 51.2 Å². The van der Waals surface area contributed by atoms with E-state index in [2.05, 4.69) is 5.32 Å². The number of carbonyl (C=O) groups excluding carboxylic acids is 1. The van der Waals surface area contributed by atoms with E-state index in [1.54, 1.807) is 17.4 Å². The molecule has 1 N–H and O–H groups in total. The second-order valence-corrected chi connectivity index (χ2v) is 7.67. The number of amides is 1. The third-order valence-electron chi connectivity index (χ3n) is 4.57. The summed E-state index contributed by atoms with van der Waals surface area (Å²) in [5, 5.41) is 4.99. The summed E-state index contributed by atoms with van der Waals surface area (Å²) in [4.78, 5) is 13.5. The van der Waals surface area contributed by atoms with Crippen LogP contribution in [-0.2, 0) is 11.3 Å². The zero-order chi connectivity index (χ0) is 18.0. The van der Waals surface area contributed by atoms with Crippen LogP contribution < -0.4 is 10.1 Å². The van der Waals surface area contributed by atoms with Gasteiger partial charge in [-0.25, -0.2) is 0 Å². The predicted octanol–water partition coefficient (Wildman–Crippen LogP) is 4.80. The second kappa shape index (κ2) is 10.3. The van der Waals surface area contributed by atoms with Crippen LogP contribution in [0.4, 0.5) is 0 Å². The third-order valence-corrected chi connectivity index (χ3v) is 5.42. The Balaban J connectivity index is 1.36. The topological polar surface area (TPSA) is 47.6 Å². The summed E-state index contributed by atoms with van der Waals surface area (Å²) in [5.74, 6) is 0.649. The molecule has 5 heteroatoms. The molecule has 1 aromatic carbocycles. The van der Waals surface area contributed by atoms with E-state index in [0.717, 1.165) is 17.9 Å². The van der Waals surface area contributed by atoms with E-state index >= 15 is 0 Å². The summed E-state index contributed by atoms with van der Waals surface area (Å²) in [5.41, 5.74) is 0.627. The van der Waals surface area contributed by atoms with Crippen molar-refractivity contribution in [2.24, 2.45) is 0 Å². The molecule has 140 valence electrons. The molecule has 26 heavy (non-hydrogen) atoms. The minimum atomic E-state index is -0.0655. The molecule has 1 aliphatic carbocycles. The summed E-state index contributed by atoms with van der Waals surface area (Å²) in [7, 11) is 0. The fourth-order valence-electron chi connectivity index (χ4n) is 3.13. The molecule has 1 heterocycles. The summed E-state index contributed by atoms with van der Waals surface area (Å²) in [6.07, 6.45) is 7.55. The lowest BCUT2D eigenvalue weighted by Gasteiger charge is -2.21. The van der Waals surface area contributed by atoms with Gasteiger partial charge in [0, 0.05) is 23.6 Å². The van der Waals surface area contributed by atoms with Crippen molar-refractivity contribution in [3.63, 3.8) is 0 Å². The van der Waals surface area contributed by atoms with Gasteiger partial charge in [0.15, 0.2) is 0 Å². The maximum absolute atomic E-state index is 12.3. The quantitative estimate of drug-likeness (QED) is 0.643. The number of benzene rings is 1. The van der Waals surface area contributed by atoms with E-state index in [-0.39, 0.29) is 5.91 Å². The zero-order valence-electron chi connectivity index (χ0n) is 15.1. The molecule has 3 rings (SSSR count). The zero-order valence-corrected chi connectivity index (χ0v) is 15.9. The fraction of sp³-hybridized carbons (Fsp3) is 0.476. The SMILES string of the molecule is O=C(NCCCOC1CCCCC1)c1cccc(OCc2cccs2)c1. The van der Waals surface area contributed by atoms with Crippen LogP contribution in [-0.4, -0.2) is 25.2 Å². The summed E-state index contributed by atoms with van der Waals surface area (Å²) in [6.45, 7) is 1.88. The minimum absolute atomic E-state index is 0.0655. The van der Waals surface area contributed by atoms with E-state index < -0.39 is 0 Å². The molecule has 1 saturated carbocycles. The largest absolute Gasteiger partial charge is 0.488 e. The summed E-state index contributed by atoms with van der Waals surface area (Å²) in [6, 6.07) is 11.4. The lowest BCUT2D eigenvalue weighted by atomic mass is 9.98. The molecule has 0 atom stereocenters. The van der Waals surface area contributed by atoms with Crippen LogP contribution in [0.15, 0.2) is 41.8 Å². The summed E-state index contributed by atoms with van der Waals surface area (Å²) >= 11 is 1.66. The molecule has 1 aromatic heterocycles. The van der Waals surface area contributed by atoms with Crippen molar-refractivity contribution in [3.8, 4) is 5.75 Å². The lowest BCUT2D eigenvalue weighted by molar-refractivity contribution is 0.0273. The average molecular weight is 374 g/mol. The Kier molecular flexibility index (Phi) is 7.52. The van der Waals surface area contributed by atoms with E-state index in [1.807, 2.05) is 35.7 Å². The van der Waals surface area contributed by atoms with Gasteiger partial charge in [-0.15, -0.1) is 11.3 Å². The normalized spacial score (nSPS) is 14.9. The number of hydrogen-bond donors (Lipinski definition) is 1. The van der Waals surface area contributed by atoms with E-state index in [9.17, 15) is 4.79 Å². The Bertz CT molecular complexity index is 666. The summed E-state index contributed by atoms with van der Waals surface area (Å²) < 4.78 is 11.6. The number of nitrogens with one attached hydrogen (secondary N) is 1. The van der Waals surface area contributed by atoms with Crippen molar-refractivity contribution < 1.29 is 14.3 Å². The molecule has 0 saturated heterocycles. The Morgan fingerprint density at radius 2 is 2.04 bits per heavy atom. The maximum Gasteiger partial charge on any atom is 0.251 e. The number of carbonyl (C=O) groups is 1. The molecule has 1 amide bonds. The van der Waals surface area contributed by atoms with Crippen LogP contribution in [0.25, 0.3) is 0 Å². The number of ether oxygens (including phenoxy) is 2. The highest BCUT2D eigenvalue weighted by Crippen LogP contribution is 2.20. The van der Waals surface area contributed by atoms with Crippen molar-refractivity contribution in [1.82, 2.24) is 5.32 Å². The first-order valence-corrected chi connectivity index (χ1v) is 10.3. The highest BCUT2D eigenvalue weighted by atomic mass is 32.1. The van der Waals surface area contributed by atoms with Crippen LogP contribution in [0.1, 0.15) is 53.8 Å². The highest BCUT2D eigenvalue weighted by molar-refractivity contribution is 7.09. The molecule has 0 aliphatic heterocycles. The first-order valence-electron chi connectivity index (χ1n) is 9.46. The Labute approximate surface area is 159 Å². The van der Waals surface area contributed by atoms with E-state index in [0.29, 0.717) is 30.6 Å². The Morgan fingerprint density at radius 3 is 2.85 bits per heavy atom. The molecule has 1 aliphatic rings. The average Bonchev–Trinajstić information content (AvgIpc) is 3.21. The smallest absolute Gasteiger partial charge is 0.251 e. The van der Waals surface area contributed by atoms with Gasteiger partial charge in [0.25, 0.3) is 5.91 Å². The second-order valence-electron chi connectivity index (χ2n) is 6.64. The van der Waals surface area contributed by atoms with Crippen molar-refractivity contribution >= 4 is 17.2 Å². The van der Waals surface area contributed by atoms with Crippen molar-refractivity contribution in [3.05, 3.63) is 52.2 Å². The van der Waals surface area contributed by atoms with Crippen LogP contribution in [0.5, 0.6) is 5.75 Å². The molecule has 1 fully saturated rings. The van der Waals surface area contributed by atoms with Gasteiger partial charge >= 0.3 is 0 Å². The van der Waals surface area contributed by atoms with Crippen molar-refractivity contribution in [2.75, 3.05) is 13.2 Å². The van der Waals surface area contributed by atoms with Gasteiger partial charge in [-0.3, -0.25) is 4.79 Å². The van der Waals surface area contributed by atoms with E-state index in [1.165, 1.54) is 32.1 Å². The highest BCUT2D eigenvalue weighted by Gasteiger charge is 2.13. The van der Waals surface area contributed by atoms with Crippen LogP contribution in [0.2, 0.25) is 0 Å². The van der Waals surface area contributed by atoms with Crippen LogP contribution >= 0.6 is 11.3 Å². The molecule has 4 nitrogen and oxygen atoms in total. The lowest BCUT2D eigenvalue weighted by Crippen LogP contribution is -2.26. The monoisotopic (exact) mass is 373 g/mol. The number of rotatable bonds is 9. The maximum atomic E-state index is 12.3. The van der Waals surface area contributed by atoms with Crippen molar-refractivity contribution in [1.29, 1.82) is 0 Å². The van der Waals surface area contributed by atoms with Gasteiger partial charge in [0.2, 0.25) is 0 Å². The Morgan fingerprint density at radius 1 is 1.15 bits per heavy atom. The van der Waals surface area contributed by atoms with Gasteiger partial charge < -0.3 is 14.8 Å². The number of hydrogen-bond acceptors (Lipinski definition) is 4. The molecular formula is C21H27NO3S. The molecule has 2 aromatic rings. The van der Waals surface area contributed by atoms with Crippen LogP contribution in [0.3, 0.4) is 0 Å². The van der Waals surface area contributed by atoms with Gasteiger partial charge in [-0.05, 0) is 48.9 Å². The van der Waals surface area contributed by atoms with Gasteiger partial charge in [-0.1, -0.05) is 31.4 Å².